The molecule has 0 atom stereocenters. The van der Waals surface area contributed by atoms with Crippen LogP contribution in [0.1, 0.15) is 23.0 Å². The fourth-order valence-corrected chi connectivity index (χ4v) is 1.93. The van der Waals surface area contributed by atoms with E-state index in [-0.39, 0.29) is 5.78 Å². The van der Waals surface area contributed by atoms with Crippen molar-refractivity contribution in [1.29, 1.82) is 0 Å². The third-order valence-corrected chi connectivity index (χ3v) is 3.06. The van der Waals surface area contributed by atoms with Gasteiger partial charge in [-0.2, -0.15) is 0 Å². The first-order valence-corrected chi connectivity index (χ1v) is 6.65. The molecule has 2 aromatic rings. The highest BCUT2D eigenvalue weighted by Gasteiger charge is 2.07. The van der Waals surface area contributed by atoms with Crippen LogP contribution >= 0.6 is 11.6 Å². The average molecular weight is 304 g/mol. The molecule has 2 N–H and O–H groups in total. The summed E-state index contributed by atoms with van der Waals surface area (Å²) in [5.41, 5.74) is 2.40. The van der Waals surface area contributed by atoms with E-state index < -0.39 is 6.03 Å². The van der Waals surface area contributed by atoms with Crippen LogP contribution in [-0.2, 0) is 0 Å². The minimum absolute atomic E-state index is 0.0196. The number of halogens is 1. The lowest BCUT2D eigenvalue weighted by Crippen LogP contribution is -2.20. The lowest BCUT2D eigenvalue weighted by atomic mass is 10.1. The standard InChI is InChI=1S/C15H14ClN3O2/c1-9-13(7-8-14(16)17-9)19-15(21)18-12-5-3-11(4-6-12)10(2)20/h3-8H,1-2H3,(H2,18,19,21). The molecule has 1 aromatic carbocycles. The SMILES string of the molecule is CC(=O)c1ccc(NC(=O)Nc2ccc(Cl)nc2C)cc1. The Bertz CT molecular complexity index is 684. The summed E-state index contributed by atoms with van der Waals surface area (Å²) < 4.78 is 0. The summed E-state index contributed by atoms with van der Waals surface area (Å²) in [6.45, 7) is 3.24. The van der Waals surface area contributed by atoms with E-state index in [1.54, 1.807) is 43.3 Å². The number of ketones is 1. The maximum atomic E-state index is 11.9. The molecule has 0 unspecified atom stereocenters. The number of hydrogen-bond donors (Lipinski definition) is 2. The Hall–Kier alpha value is -2.40. The van der Waals surface area contributed by atoms with Crippen LogP contribution in [0.4, 0.5) is 16.2 Å². The van der Waals surface area contributed by atoms with Crippen LogP contribution in [0.15, 0.2) is 36.4 Å². The molecule has 0 saturated heterocycles. The minimum atomic E-state index is -0.391. The zero-order valence-corrected chi connectivity index (χ0v) is 12.4. The molecular weight excluding hydrogens is 290 g/mol. The van der Waals surface area contributed by atoms with Gasteiger partial charge in [-0.25, -0.2) is 9.78 Å². The molecule has 108 valence electrons. The third kappa shape index (κ3) is 4.03. The van der Waals surface area contributed by atoms with E-state index in [1.165, 1.54) is 6.92 Å². The number of urea groups is 1. The van der Waals surface area contributed by atoms with Gasteiger partial charge in [-0.1, -0.05) is 11.6 Å². The lowest BCUT2D eigenvalue weighted by molar-refractivity contribution is 0.101. The van der Waals surface area contributed by atoms with Gasteiger partial charge in [0.2, 0.25) is 0 Å². The number of nitrogens with zero attached hydrogens (tertiary/aromatic N) is 1. The average Bonchev–Trinajstić information content (AvgIpc) is 2.42. The van der Waals surface area contributed by atoms with E-state index in [0.29, 0.717) is 27.8 Å². The summed E-state index contributed by atoms with van der Waals surface area (Å²) >= 11 is 5.76. The summed E-state index contributed by atoms with van der Waals surface area (Å²) in [6, 6.07) is 9.56. The van der Waals surface area contributed by atoms with Gasteiger partial charge in [-0.3, -0.25) is 4.79 Å². The zero-order chi connectivity index (χ0) is 15.4. The summed E-state index contributed by atoms with van der Waals surface area (Å²) in [5, 5.41) is 5.73. The van der Waals surface area contributed by atoms with Gasteiger partial charge in [-0.05, 0) is 50.2 Å². The van der Waals surface area contributed by atoms with Crippen molar-refractivity contribution in [2.45, 2.75) is 13.8 Å². The Balaban J connectivity index is 2.02. The number of pyridine rings is 1. The van der Waals surface area contributed by atoms with Gasteiger partial charge in [0.05, 0.1) is 11.4 Å². The number of carbonyl (C=O) groups is 2. The molecule has 0 aliphatic carbocycles. The Kier molecular flexibility index (Phi) is 4.55. The van der Waals surface area contributed by atoms with Crippen molar-refractivity contribution >= 4 is 34.8 Å². The fraction of sp³-hybridized carbons (Fsp3) is 0.133. The van der Waals surface area contributed by atoms with Crippen molar-refractivity contribution in [2.75, 3.05) is 10.6 Å². The number of carbonyl (C=O) groups excluding carboxylic acids is 2. The molecule has 0 saturated carbocycles. The molecule has 0 aliphatic rings. The molecule has 0 radical (unpaired) electrons. The smallest absolute Gasteiger partial charge is 0.308 e. The highest BCUT2D eigenvalue weighted by Crippen LogP contribution is 2.16. The van der Waals surface area contributed by atoms with E-state index >= 15 is 0 Å². The van der Waals surface area contributed by atoms with Crippen molar-refractivity contribution < 1.29 is 9.59 Å². The maximum Gasteiger partial charge on any atom is 0.323 e. The zero-order valence-electron chi connectivity index (χ0n) is 11.6. The monoisotopic (exact) mass is 303 g/mol. The van der Waals surface area contributed by atoms with E-state index in [0.717, 1.165) is 0 Å². The number of hydrogen-bond acceptors (Lipinski definition) is 3. The van der Waals surface area contributed by atoms with E-state index in [4.69, 9.17) is 11.6 Å². The second kappa shape index (κ2) is 6.37. The van der Waals surface area contributed by atoms with Crippen LogP contribution < -0.4 is 10.6 Å². The van der Waals surface area contributed by atoms with Crippen molar-refractivity contribution in [2.24, 2.45) is 0 Å². The Morgan fingerprint density at radius 3 is 2.29 bits per heavy atom. The number of amides is 2. The maximum absolute atomic E-state index is 11.9. The largest absolute Gasteiger partial charge is 0.323 e. The molecule has 0 bridgehead atoms. The van der Waals surface area contributed by atoms with Crippen LogP contribution in [0.5, 0.6) is 0 Å². The topological polar surface area (TPSA) is 71.1 Å². The van der Waals surface area contributed by atoms with Crippen molar-refractivity contribution in [3.8, 4) is 0 Å². The predicted octanol–water partition coefficient (Wildman–Crippen LogP) is 3.89. The van der Waals surface area contributed by atoms with Gasteiger partial charge in [0.1, 0.15) is 5.15 Å². The van der Waals surface area contributed by atoms with Gasteiger partial charge < -0.3 is 10.6 Å². The molecule has 2 rings (SSSR count). The number of aromatic nitrogens is 1. The van der Waals surface area contributed by atoms with Crippen LogP contribution in [-0.4, -0.2) is 16.8 Å². The number of nitrogens with one attached hydrogen (secondary N) is 2. The van der Waals surface area contributed by atoms with Crippen molar-refractivity contribution in [1.82, 2.24) is 4.98 Å². The molecule has 5 nitrogen and oxygen atoms in total. The Morgan fingerprint density at radius 1 is 1.05 bits per heavy atom. The number of benzene rings is 1. The number of aryl methyl sites for hydroxylation is 1. The van der Waals surface area contributed by atoms with Crippen LogP contribution in [0, 0.1) is 6.92 Å². The molecule has 21 heavy (non-hydrogen) atoms. The van der Waals surface area contributed by atoms with Gasteiger partial charge in [0, 0.05) is 11.3 Å². The van der Waals surface area contributed by atoms with E-state index in [9.17, 15) is 9.59 Å². The number of rotatable bonds is 3. The van der Waals surface area contributed by atoms with Gasteiger partial charge >= 0.3 is 6.03 Å². The van der Waals surface area contributed by atoms with Crippen molar-refractivity contribution in [3.05, 3.63) is 52.8 Å². The summed E-state index contributed by atoms with van der Waals surface area (Å²) in [6.07, 6.45) is 0. The molecule has 2 amide bonds. The number of anilines is 2. The molecule has 0 aliphatic heterocycles. The predicted molar refractivity (Wildman–Crippen MR) is 83.1 cm³/mol. The highest BCUT2D eigenvalue weighted by molar-refractivity contribution is 6.29. The first-order valence-electron chi connectivity index (χ1n) is 6.28. The quantitative estimate of drug-likeness (QED) is 0.667. The summed E-state index contributed by atoms with van der Waals surface area (Å²) in [7, 11) is 0. The molecule has 0 fully saturated rings. The highest BCUT2D eigenvalue weighted by atomic mass is 35.5. The van der Waals surface area contributed by atoms with Crippen LogP contribution in [0.2, 0.25) is 5.15 Å². The Labute approximate surface area is 127 Å². The first-order chi connectivity index (χ1) is 9.95. The van der Waals surface area contributed by atoms with E-state index in [2.05, 4.69) is 15.6 Å². The third-order valence-electron chi connectivity index (χ3n) is 2.85. The number of Topliss-reactive ketones (excluding diaryl/α,β-unsaturated/α-hetero) is 1. The van der Waals surface area contributed by atoms with Crippen molar-refractivity contribution in [3.63, 3.8) is 0 Å². The van der Waals surface area contributed by atoms with Gasteiger partial charge in [0.25, 0.3) is 0 Å². The molecule has 1 aromatic heterocycles. The molecule has 0 spiro atoms. The van der Waals surface area contributed by atoms with E-state index in [1.807, 2.05) is 0 Å². The molecular formula is C15H14ClN3O2. The second-order valence-corrected chi connectivity index (χ2v) is 4.87. The fourth-order valence-electron chi connectivity index (χ4n) is 1.74. The van der Waals surface area contributed by atoms with Crippen LogP contribution in [0.3, 0.4) is 0 Å². The molecule has 1 heterocycles. The van der Waals surface area contributed by atoms with Crippen LogP contribution in [0.25, 0.3) is 0 Å². The Morgan fingerprint density at radius 2 is 1.71 bits per heavy atom. The second-order valence-electron chi connectivity index (χ2n) is 4.48. The summed E-state index contributed by atoms with van der Waals surface area (Å²) in [4.78, 5) is 27.1. The normalized spacial score (nSPS) is 10.0. The van der Waals surface area contributed by atoms with Gasteiger partial charge in [0.15, 0.2) is 5.78 Å². The minimum Gasteiger partial charge on any atom is -0.308 e. The molecule has 6 heteroatoms. The first kappa shape index (κ1) is 15.0. The lowest BCUT2D eigenvalue weighted by Gasteiger charge is -2.09. The summed E-state index contributed by atoms with van der Waals surface area (Å²) in [5.74, 6) is -0.0196. The van der Waals surface area contributed by atoms with Gasteiger partial charge in [-0.15, -0.1) is 0 Å².